The molecule has 9 nitrogen and oxygen atoms in total. The number of aliphatic hydroxyl groups is 1. The summed E-state index contributed by atoms with van der Waals surface area (Å²) in [7, 11) is 0. The molecule has 0 amide bonds. The van der Waals surface area contributed by atoms with Crippen LogP contribution in [0, 0.1) is 32.1 Å². The average Bonchev–Trinajstić information content (AvgIpc) is 2.61. The molecule has 1 aromatic rings. The van der Waals surface area contributed by atoms with Crippen LogP contribution in [0.25, 0.3) is 0 Å². The van der Waals surface area contributed by atoms with Crippen molar-refractivity contribution < 1.29 is 24.4 Å². The van der Waals surface area contributed by atoms with Crippen LogP contribution < -0.4 is 4.74 Å². The van der Waals surface area contributed by atoms with Gasteiger partial charge in [-0.05, 0) is 24.3 Å². The molecule has 146 valence electrons. The second kappa shape index (κ2) is 10.0. The number of nitro benzene ring substituents is 2. The van der Waals surface area contributed by atoms with Crippen LogP contribution in [0.4, 0.5) is 11.4 Å². The predicted octanol–water partition coefficient (Wildman–Crippen LogP) is 3.68. The van der Waals surface area contributed by atoms with Crippen LogP contribution in [-0.2, 0) is 4.74 Å². The Balaban J connectivity index is 0.00000163. The molecule has 0 radical (unpaired) electrons. The SMILES string of the molecule is CC.CC1[C@H](C)C[C@H](Oc2ccc([N+](=O)[O-])cc2[N+](=O)[O-])O[C@@H]1CCO. The van der Waals surface area contributed by atoms with E-state index in [1.54, 1.807) is 0 Å². The second-order valence-electron chi connectivity index (χ2n) is 5.97. The minimum atomic E-state index is -0.720. The van der Waals surface area contributed by atoms with Crippen LogP contribution in [0.15, 0.2) is 18.2 Å². The zero-order valence-electron chi connectivity index (χ0n) is 15.5. The zero-order chi connectivity index (χ0) is 19.9. The molecule has 1 fully saturated rings. The van der Waals surface area contributed by atoms with Gasteiger partial charge in [0.25, 0.3) is 5.69 Å². The van der Waals surface area contributed by atoms with Gasteiger partial charge in [0.2, 0.25) is 12.0 Å². The maximum absolute atomic E-state index is 11.2. The zero-order valence-corrected chi connectivity index (χ0v) is 15.5. The van der Waals surface area contributed by atoms with Gasteiger partial charge in [-0.25, -0.2) is 0 Å². The third-order valence-electron chi connectivity index (χ3n) is 4.40. The third-order valence-corrected chi connectivity index (χ3v) is 4.40. The first kappa shape index (κ1) is 21.8. The molecule has 1 N–H and O–H groups in total. The topological polar surface area (TPSA) is 125 Å². The molecule has 1 saturated heterocycles. The van der Waals surface area contributed by atoms with Gasteiger partial charge in [0.15, 0.2) is 0 Å². The fourth-order valence-corrected chi connectivity index (χ4v) is 2.80. The smallest absolute Gasteiger partial charge is 0.317 e. The van der Waals surface area contributed by atoms with Crippen LogP contribution in [0.1, 0.15) is 40.5 Å². The molecular weight excluding hydrogens is 344 g/mol. The van der Waals surface area contributed by atoms with Gasteiger partial charge in [-0.15, -0.1) is 0 Å². The van der Waals surface area contributed by atoms with E-state index < -0.39 is 21.8 Å². The second-order valence-corrected chi connectivity index (χ2v) is 5.97. The molecule has 0 spiro atoms. The van der Waals surface area contributed by atoms with E-state index in [4.69, 9.17) is 14.6 Å². The summed E-state index contributed by atoms with van der Waals surface area (Å²) in [5, 5.41) is 31.0. The van der Waals surface area contributed by atoms with Crippen molar-refractivity contribution in [2.45, 2.75) is 52.9 Å². The highest BCUT2D eigenvalue weighted by Crippen LogP contribution is 2.36. The van der Waals surface area contributed by atoms with E-state index in [0.29, 0.717) is 12.8 Å². The molecule has 9 heteroatoms. The quantitative estimate of drug-likeness (QED) is 0.598. The van der Waals surface area contributed by atoms with E-state index in [0.717, 1.165) is 12.1 Å². The van der Waals surface area contributed by atoms with Gasteiger partial charge in [0, 0.05) is 19.1 Å². The first-order valence-corrected chi connectivity index (χ1v) is 8.69. The predicted molar refractivity (Wildman–Crippen MR) is 95.0 cm³/mol. The number of ether oxygens (including phenoxy) is 2. The molecule has 1 aliphatic heterocycles. The molecule has 26 heavy (non-hydrogen) atoms. The fourth-order valence-electron chi connectivity index (χ4n) is 2.80. The van der Waals surface area contributed by atoms with Crippen molar-refractivity contribution in [1.82, 2.24) is 0 Å². The summed E-state index contributed by atoms with van der Waals surface area (Å²) in [6, 6.07) is 3.24. The highest BCUT2D eigenvalue weighted by molar-refractivity contribution is 5.53. The average molecular weight is 370 g/mol. The Morgan fingerprint density at radius 2 is 1.88 bits per heavy atom. The van der Waals surface area contributed by atoms with Crippen LogP contribution in [0.5, 0.6) is 5.75 Å². The molecule has 0 aromatic heterocycles. The summed E-state index contributed by atoms with van der Waals surface area (Å²) in [5.41, 5.74) is -0.850. The van der Waals surface area contributed by atoms with Gasteiger partial charge < -0.3 is 14.6 Å². The number of non-ortho nitro benzene ring substituents is 1. The fraction of sp³-hybridized carbons (Fsp3) is 0.647. The van der Waals surface area contributed by atoms with Crippen molar-refractivity contribution in [1.29, 1.82) is 0 Å². The Morgan fingerprint density at radius 3 is 2.42 bits per heavy atom. The molecule has 1 unspecified atom stereocenters. The van der Waals surface area contributed by atoms with Gasteiger partial charge in [0.05, 0.1) is 22.0 Å². The Kier molecular flexibility index (Phi) is 8.40. The third kappa shape index (κ3) is 5.37. The number of aliphatic hydroxyl groups excluding tert-OH is 1. The first-order valence-electron chi connectivity index (χ1n) is 8.69. The Bertz CT molecular complexity index is 623. The molecule has 0 aliphatic carbocycles. The van der Waals surface area contributed by atoms with Gasteiger partial charge >= 0.3 is 5.69 Å². The minimum Gasteiger partial charge on any atom is -0.458 e. The Labute approximate surface area is 152 Å². The molecule has 1 aliphatic rings. The van der Waals surface area contributed by atoms with Crippen molar-refractivity contribution in [3.05, 3.63) is 38.4 Å². The van der Waals surface area contributed by atoms with Crippen molar-refractivity contribution in [2.24, 2.45) is 11.8 Å². The van der Waals surface area contributed by atoms with E-state index in [2.05, 4.69) is 0 Å². The van der Waals surface area contributed by atoms with E-state index in [1.807, 2.05) is 27.7 Å². The number of rotatable bonds is 6. The molecular formula is C17H26N2O7. The van der Waals surface area contributed by atoms with Crippen LogP contribution in [0.3, 0.4) is 0 Å². The highest BCUT2D eigenvalue weighted by atomic mass is 16.7. The van der Waals surface area contributed by atoms with Gasteiger partial charge in [0.1, 0.15) is 0 Å². The van der Waals surface area contributed by atoms with Crippen LogP contribution >= 0.6 is 0 Å². The summed E-state index contributed by atoms with van der Waals surface area (Å²) in [4.78, 5) is 20.5. The molecule has 1 aromatic carbocycles. The monoisotopic (exact) mass is 370 g/mol. The van der Waals surface area contributed by atoms with Crippen molar-refractivity contribution >= 4 is 11.4 Å². The molecule has 0 bridgehead atoms. The van der Waals surface area contributed by atoms with Crippen molar-refractivity contribution in [3.63, 3.8) is 0 Å². The van der Waals surface area contributed by atoms with Gasteiger partial charge in [-0.2, -0.15) is 0 Å². The lowest BCUT2D eigenvalue weighted by Crippen LogP contribution is -2.41. The Morgan fingerprint density at radius 1 is 1.23 bits per heavy atom. The van der Waals surface area contributed by atoms with E-state index in [9.17, 15) is 20.2 Å². The number of hydrogen-bond donors (Lipinski definition) is 1. The summed E-state index contributed by atoms with van der Waals surface area (Å²) < 4.78 is 11.4. The molecule has 0 saturated carbocycles. The van der Waals surface area contributed by atoms with Crippen molar-refractivity contribution in [2.75, 3.05) is 6.61 Å². The number of benzene rings is 1. The van der Waals surface area contributed by atoms with Crippen LogP contribution in [-0.4, -0.2) is 34.0 Å². The summed E-state index contributed by atoms with van der Waals surface area (Å²) in [6.07, 6.45) is 0.0825. The van der Waals surface area contributed by atoms with Crippen molar-refractivity contribution in [3.8, 4) is 5.75 Å². The lowest BCUT2D eigenvalue weighted by molar-refractivity contribution is -0.395. The van der Waals surface area contributed by atoms with E-state index in [1.165, 1.54) is 6.07 Å². The lowest BCUT2D eigenvalue weighted by atomic mass is 9.84. The molecule has 1 heterocycles. The largest absolute Gasteiger partial charge is 0.458 e. The van der Waals surface area contributed by atoms with Gasteiger partial charge in [-0.3, -0.25) is 20.2 Å². The normalized spacial score (nSPS) is 25.0. The maximum atomic E-state index is 11.2. The Hall–Kier alpha value is -2.26. The van der Waals surface area contributed by atoms with Gasteiger partial charge in [-0.1, -0.05) is 27.7 Å². The standard InChI is InChI=1S/C15H20N2O7.C2H6/c1-9-7-15(23-13(5-6-18)10(9)2)24-14-4-3-11(16(19)20)8-12(14)17(21)22;1-2/h3-4,8-10,13,15,18H,5-7H2,1-2H3;1-2H3/t9-,10?,13-,15+;/m1./s1. The van der Waals surface area contributed by atoms with E-state index >= 15 is 0 Å². The first-order chi connectivity index (χ1) is 12.3. The summed E-state index contributed by atoms with van der Waals surface area (Å²) >= 11 is 0. The lowest BCUT2D eigenvalue weighted by Gasteiger charge is -2.38. The maximum Gasteiger partial charge on any atom is 0.317 e. The number of nitro groups is 2. The molecule has 2 rings (SSSR count). The summed E-state index contributed by atoms with van der Waals surface area (Å²) in [5.74, 6) is 0.404. The van der Waals surface area contributed by atoms with E-state index in [-0.39, 0.29) is 36.0 Å². The molecule has 4 atom stereocenters. The van der Waals surface area contributed by atoms with Crippen LogP contribution in [0.2, 0.25) is 0 Å². The highest BCUT2D eigenvalue weighted by Gasteiger charge is 2.35. The summed E-state index contributed by atoms with van der Waals surface area (Å²) in [6.45, 7) is 8.03. The minimum absolute atomic E-state index is 0.0217. The number of nitrogens with zero attached hydrogens (tertiary/aromatic N) is 2. The number of hydrogen-bond acceptors (Lipinski definition) is 7.